The minimum atomic E-state index is -0.475. The maximum atomic E-state index is 9.95. The first-order valence-electron chi connectivity index (χ1n) is 2.05. The summed E-state index contributed by atoms with van der Waals surface area (Å²) in [4.78, 5) is 9.95. The van der Waals surface area contributed by atoms with Crippen molar-refractivity contribution >= 4 is 13.8 Å². The molecule has 0 aliphatic rings. The van der Waals surface area contributed by atoms with Crippen LogP contribution in [0.4, 0.5) is 0 Å². The van der Waals surface area contributed by atoms with Gasteiger partial charge < -0.3 is 4.74 Å². The number of carbonyl (C=O) groups is 1. The molecule has 38 valence electrons. The second-order valence-electron chi connectivity index (χ2n) is 1.31. The van der Waals surface area contributed by atoms with Crippen molar-refractivity contribution in [2.24, 2.45) is 0 Å². The van der Waals surface area contributed by atoms with Crippen LogP contribution in [0.25, 0.3) is 0 Å². The average molecular weight is 97.9 g/mol. The molecule has 0 heterocycles. The van der Waals surface area contributed by atoms with Crippen molar-refractivity contribution in [3.8, 4) is 0 Å². The summed E-state index contributed by atoms with van der Waals surface area (Å²) in [5, 5.41) is 0. The van der Waals surface area contributed by atoms with Crippen molar-refractivity contribution in [3.05, 3.63) is 0 Å². The van der Waals surface area contributed by atoms with Crippen LogP contribution >= 0.6 is 0 Å². The highest BCUT2D eigenvalue weighted by Gasteiger charge is 1.93. The van der Waals surface area contributed by atoms with Crippen LogP contribution in [0.1, 0.15) is 13.8 Å². The van der Waals surface area contributed by atoms with Crippen LogP contribution in [-0.4, -0.2) is 19.8 Å². The van der Waals surface area contributed by atoms with Gasteiger partial charge >= 0.3 is 5.97 Å². The van der Waals surface area contributed by atoms with Gasteiger partial charge in [-0.1, -0.05) is 0 Å². The van der Waals surface area contributed by atoms with E-state index in [9.17, 15) is 4.79 Å². The lowest BCUT2D eigenvalue weighted by molar-refractivity contribution is -0.142. The lowest BCUT2D eigenvalue weighted by atomic mass is 10.0. The minimum Gasteiger partial charge on any atom is -0.473 e. The summed E-state index contributed by atoms with van der Waals surface area (Å²) >= 11 is 0. The van der Waals surface area contributed by atoms with Crippen molar-refractivity contribution in [3.63, 3.8) is 0 Å². The number of hydrogen-bond donors (Lipinski definition) is 0. The molecule has 0 saturated carbocycles. The fraction of sp³-hybridized carbons (Fsp3) is 0.750. The molecule has 1 atom stereocenters. The molecule has 0 spiro atoms. The van der Waals surface area contributed by atoms with E-state index in [0.717, 1.165) is 0 Å². The smallest absolute Gasteiger partial charge is 0.302 e. The van der Waals surface area contributed by atoms with Crippen LogP contribution in [0.2, 0.25) is 0 Å². The van der Waals surface area contributed by atoms with Crippen molar-refractivity contribution in [2.45, 2.75) is 19.9 Å². The zero-order chi connectivity index (χ0) is 5.86. The Bertz CT molecular complexity index is 70.1. The Kier molecular flexibility index (Phi) is 2.49. The lowest BCUT2D eigenvalue weighted by Gasteiger charge is -2.02. The molecule has 3 heteroatoms. The monoisotopic (exact) mass is 98.1 g/mol. The molecule has 0 aromatic heterocycles. The molecule has 2 radical (unpaired) electrons. The third kappa shape index (κ3) is 5.53. The Morgan fingerprint density at radius 3 is 2.29 bits per heavy atom. The van der Waals surface area contributed by atoms with E-state index in [1.165, 1.54) is 6.92 Å². The lowest BCUT2D eigenvalue weighted by Crippen LogP contribution is -2.10. The molecule has 0 aromatic rings. The van der Waals surface area contributed by atoms with Crippen LogP contribution in [0.15, 0.2) is 0 Å². The zero-order valence-electron chi connectivity index (χ0n) is 4.47. The molecular weight excluding hydrogens is 90.9 g/mol. The number of hydrogen-bond acceptors (Lipinski definition) is 2. The standard InChI is InChI=1S/C4H7BO2/c1-3(5)7-4(2)6/h3H,1-2H3. The summed E-state index contributed by atoms with van der Waals surface area (Å²) in [5.74, 6) is -0.338. The molecule has 2 nitrogen and oxygen atoms in total. The third-order valence-electron chi connectivity index (χ3n) is 0.352. The van der Waals surface area contributed by atoms with E-state index in [0.29, 0.717) is 0 Å². The number of ether oxygens (including phenoxy) is 1. The zero-order valence-corrected chi connectivity index (χ0v) is 4.47. The number of carbonyl (C=O) groups excluding carboxylic acids is 1. The predicted molar refractivity (Wildman–Crippen MR) is 27.0 cm³/mol. The van der Waals surface area contributed by atoms with E-state index < -0.39 is 6.00 Å². The van der Waals surface area contributed by atoms with Gasteiger partial charge in [-0.15, -0.1) is 0 Å². The minimum absolute atomic E-state index is 0.338. The normalized spacial score (nSPS) is 12.9. The summed E-state index contributed by atoms with van der Waals surface area (Å²) in [6.07, 6.45) is 0. The van der Waals surface area contributed by atoms with E-state index >= 15 is 0 Å². The molecule has 0 bridgehead atoms. The second-order valence-corrected chi connectivity index (χ2v) is 1.31. The highest BCUT2D eigenvalue weighted by Crippen LogP contribution is 1.81. The van der Waals surface area contributed by atoms with Crippen LogP contribution < -0.4 is 0 Å². The summed E-state index contributed by atoms with van der Waals surface area (Å²) in [6, 6.07) is -0.475. The molecule has 0 aliphatic heterocycles. The van der Waals surface area contributed by atoms with Crippen LogP contribution in [-0.2, 0) is 9.53 Å². The first kappa shape index (κ1) is 6.53. The van der Waals surface area contributed by atoms with Crippen molar-refractivity contribution < 1.29 is 9.53 Å². The predicted octanol–water partition coefficient (Wildman–Crippen LogP) is 0.0640. The van der Waals surface area contributed by atoms with Crippen LogP contribution in [0, 0.1) is 0 Å². The first-order valence-corrected chi connectivity index (χ1v) is 2.05. The van der Waals surface area contributed by atoms with Crippen molar-refractivity contribution in [1.29, 1.82) is 0 Å². The highest BCUT2D eigenvalue weighted by atomic mass is 16.5. The maximum absolute atomic E-state index is 9.95. The van der Waals surface area contributed by atoms with Gasteiger partial charge in [0.05, 0.1) is 6.00 Å². The van der Waals surface area contributed by atoms with Gasteiger partial charge in [0.15, 0.2) is 0 Å². The van der Waals surface area contributed by atoms with Gasteiger partial charge in [-0.2, -0.15) is 0 Å². The Hall–Kier alpha value is -0.465. The van der Waals surface area contributed by atoms with Gasteiger partial charge in [0.25, 0.3) is 0 Å². The molecule has 0 aliphatic carbocycles. The molecule has 0 aromatic carbocycles. The van der Waals surface area contributed by atoms with Crippen LogP contribution in [0.5, 0.6) is 0 Å². The van der Waals surface area contributed by atoms with E-state index in [2.05, 4.69) is 4.74 Å². The Balaban J connectivity index is 3.13. The fourth-order valence-corrected chi connectivity index (χ4v) is 0.262. The summed E-state index contributed by atoms with van der Waals surface area (Å²) < 4.78 is 4.39. The fourth-order valence-electron chi connectivity index (χ4n) is 0.262. The summed E-state index contributed by atoms with van der Waals surface area (Å²) in [6.45, 7) is 2.92. The van der Waals surface area contributed by atoms with Gasteiger partial charge in [-0.25, -0.2) is 0 Å². The van der Waals surface area contributed by atoms with Gasteiger partial charge in [-0.05, 0) is 6.92 Å². The van der Waals surface area contributed by atoms with Gasteiger partial charge in [0.1, 0.15) is 7.85 Å². The van der Waals surface area contributed by atoms with Crippen LogP contribution in [0.3, 0.4) is 0 Å². The summed E-state index contributed by atoms with van der Waals surface area (Å²) in [5.41, 5.74) is 0. The topological polar surface area (TPSA) is 26.3 Å². The first-order chi connectivity index (χ1) is 3.13. The third-order valence-corrected chi connectivity index (χ3v) is 0.352. The number of esters is 1. The van der Waals surface area contributed by atoms with Crippen molar-refractivity contribution in [2.75, 3.05) is 0 Å². The SMILES string of the molecule is [B]C(C)OC(C)=O. The average Bonchev–Trinajstić information content (AvgIpc) is 1.27. The molecule has 7 heavy (non-hydrogen) atoms. The molecule has 0 amide bonds. The molecule has 0 N–H and O–H groups in total. The number of rotatable bonds is 1. The highest BCUT2D eigenvalue weighted by molar-refractivity contribution is 6.11. The summed E-state index contributed by atoms with van der Waals surface area (Å²) in [7, 11) is 5.05. The van der Waals surface area contributed by atoms with Crippen molar-refractivity contribution in [1.82, 2.24) is 0 Å². The largest absolute Gasteiger partial charge is 0.473 e. The molecule has 1 unspecified atom stereocenters. The van der Waals surface area contributed by atoms with E-state index in [4.69, 9.17) is 7.85 Å². The Morgan fingerprint density at radius 1 is 1.86 bits per heavy atom. The van der Waals surface area contributed by atoms with E-state index in [-0.39, 0.29) is 5.97 Å². The van der Waals surface area contributed by atoms with E-state index in [1.54, 1.807) is 6.92 Å². The quantitative estimate of drug-likeness (QED) is 0.342. The van der Waals surface area contributed by atoms with Gasteiger partial charge in [0.2, 0.25) is 0 Å². The molecule has 0 fully saturated rings. The second kappa shape index (κ2) is 2.67. The van der Waals surface area contributed by atoms with Gasteiger partial charge in [-0.3, -0.25) is 4.79 Å². The Morgan fingerprint density at radius 2 is 2.29 bits per heavy atom. The molecular formula is C4H7BO2. The van der Waals surface area contributed by atoms with Gasteiger partial charge in [0, 0.05) is 6.92 Å². The maximum Gasteiger partial charge on any atom is 0.302 e. The molecule has 0 rings (SSSR count). The Labute approximate surface area is 44.3 Å². The van der Waals surface area contributed by atoms with E-state index in [1.807, 2.05) is 0 Å². The molecule has 0 saturated heterocycles.